The van der Waals surface area contributed by atoms with E-state index in [9.17, 15) is 0 Å². The van der Waals surface area contributed by atoms with Gasteiger partial charge in [0, 0.05) is 64.5 Å². The number of nitrogens with zero attached hydrogens (tertiary/aromatic N) is 2. The van der Waals surface area contributed by atoms with E-state index in [4.69, 9.17) is 0 Å². The first-order valence-electron chi connectivity index (χ1n) is 5.04. The Morgan fingerprint density at radius 1 is 0.692 bits per heavy atom. The Morgan fingerprint density at radius 2 is 1.08 bits per heavy atom. The van der Waals surface area contributed by atoms with E-state index in [1.54, 1.807) is 0 Å². The highest BCUT2D eigenvalue weighted by molar-refractivity contribution is 7.94. The minimum atomic E-state index is 1.14. The maximum atomic E-state index is 3.37. The van der Waals surface area contributed by atoms with Gasteiger partial charge in [0.1, 0.15) is 0 Å². The predicted octanol–water partition coefficient (Wildman–Crippen LogP) is -0.640. The number of hydrogen-bond donors (Lipinski definition) is 2. The van der Waals surface area contributed by atoms with Crippen LogP contribution in [0.25, 0.3) is 0 Å². The third-order valence-corrected chi connectivity index (χ3v) is 3.58. The highest BCUT2D eigenvalue weighted by Crippen LogP contribution is 2.16. The molecule has 0 radical (unpaired) electrons. The van der Waals surface area contributed by atoms with Gasteiger partial charge in [0.2, 0.25) is 0 Å². The van der Waals surface area contributed by atoms with Gasteiger partial charge in [-0.2, -0.15) is 0 Å². The topological polar surface area (TPSA) is 30.5 Å². The van der Waals surface area contributed by atoms with Gasteiger partial charge in [0.15, 0.2) is 0 Å². The summed E-state index contributed by atoms with van der Waals surface area (Å²) >= 11 is 1.93. The molecule has 0 aliphatic carbocycles. The van der Waals surface area contributed by atoms with Crippen molar-refractivity contribution >= 4 is 12.1 Å². The SMILES string of the molecule is C1CN(SN2CCNCC2)CCN1. The lowest BCUT2D eigenvalue weighted by molar-refractivity contribution is 0.348. The highest BCUT2D eigenvalue weighted by atomic mass is 32.2. The molecule has 0 bridgehead atoms. The van der Waals surface area contributed by atoms with Crippen molar-refractivity contribution in [2.75, 3.05) is 52.4 Å². The average Bonchev–Trinajstić information content (AvgIpc) is 2.21. The molecule has 2 heterocycles. The zero-order valence-electron chi connectivity index (χ0n) is 7.96. The van der Waals surface area contributed by atoms with Gasteiger partial charge in [-0.25, -0.2) is 8.61 Å². The van der Waals surface area contributed by atoms with Crippen LogP contribution >= 0.6 is 12.1 Å². The van der Waals surface area contributed by atoms with Crippen LogP contribution in [0.3, 0.4) is 0 Å². The smallest absolute Gasteiger partial charge is 0.0227 e. The molecule has 0 aromatic heterocycles. The molecule has 0 spiro atoms. The first-order chi connectivity index (χ1) is 6.45. The van der Waals surface area contributed by atoms with Gasteiger partial charge in [-0.3, -0.25) is 0 Å². The lowest BCUT2D eigenvalue weighted by Gasteiger charge is -2.33. The number of hydrogen-bond acceptors (Lipinski definition) is 5. The number of nitrogens with one attached hydrogen (secondary N) is 2. The van der Waals surface area contributed by atoms with Crippen LogP contribution in [0, 0.1) is 0 Å². The van der Waals surface area contributed by atoms with E-state index in [0.29, 0.717) is 0 Å². The van der Waals surface area contributed by atoms with Gasteiger partial charge in [-0.05, 0) is 0 Å². The molecular formula is C8H18N4S. The van der Waals surface area contributed by atoms with Crippen LogP contribution in [0.2, 0.25) is 0 Å². The minimum Gasteiger partial charge on any atom is -0.314 e. The molecule has 2 aliphatic heterocycles. The van der Waals surface area contributed by atoms with Crippen LogP contribution in [0.4, 0.5) is 0 Å². The first-order valence-corrected chi connectivity index (χ1v) is 5.77. The van der Waals surface area contributed by atoms with Crippen molar-refractivity contribution in [3.63, 3.8) is 0 Å². The largest absolute Gasteiger partial charge is 0.314 e. The molecule has 2 rings (SSSR count). The molecule has 0 aromatic carbocycles. The Balaban J connectivity index is 1.69. The van der Waals surface area contributed by atoms with Crippen molar-refractivity contribution < 1.29 is 0 Å². The molecule has 4 nitrogen and oxygen atoms in total. The Labute approximate surface area is 84.3 Å². The van der Waals surface area contributed by atoms with Gasteiger partial charge in [0.05, 0.1) is 0 Å². The van der Waals surface area contributed by atoms with E-state index >= 15 is 0 Å². The fourth-order valence-electron chi connectivity index (χ4n) is 1.62. The zero-order valence-corrected chi connectivity index (χ0v) is 8.78. The zero-order chi connectivity index (χ0) is 8.93. The molecule has 0 atom stereocenters. The van der Waals surface area contributed by atoms with Gasteiger partial charge in [-0.1, -0.05) is 0 Å². The first kappa shape index (κ1) is 9.73. The number of piperazine rings is 2. The van der Waals surface area contributed by atoms with Gasteiger partial charge < -0.3 is 10.6 Å². The Bertz CT molecular complexity index is 127. The molecule has 0 aromatic rings. The fourth-order valence-corrected chi connectivity index (χ4v) is 2.63. The molecule has 2 N–H and O–H groups in total. The average molecular weight is 202 g/mol. The van der Waals surface area contributed by atoms with E-state index < -0.39 is 0 Å². The van der Waals surface area contributed by atoms with Crippen molar-refractivity contribution in [1.82, 2.24) is 19.2 Å². The molecule has 2 saturated heterocycles. The monoisotopic (exact) mass is 202 g/mol. The Morgan fingerprint density at radius 3 is 1.46 bits per heavy atom. The van der Waals surface area contributed by atoms with Crippen molar-refractivity contribution in [1.29, 1.82) is 0 Å². The summed E-state index contributed by atoms with van der Waals surface area (Å²) < 4.78 is 4.92. The van der Waals surface area contributed by atoms with Crippen LogP contribution in [-0.2, 0) is 0 Å². The van der Waals surface area contributed by atoms with E-state index in [2.05, 4.69) is 19.2 Å². The molecule has 13 heavy (non-hydrogen) atoms. The van der Waals surface area contributed by atoms with Crippen LogP contribution in [0.15, 0.2) is 0 Å². The Kier molecular flexibility index (Phi) is 3.87. The number of rotatable bonds is 2. The summed E-state index contributed by atoms with van der Waals surface area (Å²) in [6, 6.07) is 0. The van der Waals surface area contributed by atoms with Crippen LogP contribution in [-0.4, -0.2) is 61.0 Å². The van der Waals surface area contributed by atoms with Crippen molar-refractivity contribution in [2.45, 2.75) is 0 Å². The maximum Gasteiger partial charge on any atom is 0.0227 e. The van der Waals surface area contributed by atoms with Crippen LogP contribution < -0.4 is 10.6 Å². The second-order valence-electron chi connectivity index (χ2n) is 3.44. The molecule has 2 fully saturated rings. The lowest BCUT2D eigenvalue weighted by atomic mass is 10.4. The summed E-state index contributed by atoms with van der Waals surface area (Å²) in [5, 5.41) is 6.73. The molecule has 76 valence electrons. The van der Waals surface area contributed by atoms with Gasteiger partial charge in [0.25, 0.3) is 0 Å². The highest BCUT2D eigenvalue weighted by Gasteiger charge is 2.16. The molecule has 0 amide bonds. The van der Waals surface area contributed by atoms with E-state index in [0.717, 1.165) is 26.2 Å². The summed E-state index contributed by atoms with van der Waals surface area (Å²) in [4.78, 5) is 0. The van der Waals surface area contributed by atoms with Crippen molar-refractivity contribution in [3.05, 3.63) is 0 Å². The fraction of sp³-hybridized carbons (Fsp3) is 1.00. The third kappa shape index (κ3) is 3.11. The minimum absolute atomic E-state index is 1.14. The second-order valence-corrected chi connectivity index (χ2v) is 4.64. The molecular weight excluding hydrogens is 184 g/mol. The molecule has 2 aliphatic rings. The summed E-state index contributed by atoms with van der Waals surface area (Å²) in [6.45, 7) is 9.25. The van der Waals surface area contributed by atoms with Crippen LogP contribution in [0.5, 0.6) is 0 Å². The third-order valence-electron chi connectivity index (χ3n) is 2.38. The second kappa shape index (κ2) is 5.17. The van der Waals surface area contributed by atoms with Crippen molar-refractivity contribution in [2.24, 2.45) is 0 Å². The predicted molar refractivity (Wildman–Crippen MR) is 56.5 cm³/mol. The summed E-state index contributed by atoms with van der Waals surface area (Å²) in [7, 11) is 0. The molecule has 0 saturated carbocycles. The standard InChI is InChI=1S/C8H18N4S/c1-5-11(6-2-9-1)13-12-7-3-10-4-8-12/h9-10H,1-8H2. The normalized spacial score (nSPS) is 27.7. The van der Waals surface area contributed by atoms with E-state index in [1.165, 1.54) is 26.2 Å². The van der Waals surface area contributed by atoms with Crippen LogP contribution in [0.1, 0.15) is 0 Å². The molecule has 5 heteroatoms. The van der Waals surface area contributed by atoms with E-state index in [1.807, 2.05) is 12.1 Å². The molecule has 0 unspecified atom stereocenters. The van der Waals surface area contributed by atoms with Crippen molar-refractivity contribution in [3.8, 4) is 0 Å². The maximum absolute atomic E-state index is 3.37. The quantitative estimate of drug-likeness (QED) is 0.582. The van der Waals surface area contributed by atoms with Gasteiger partial charge in [-0.15, -0.1) is 0 Å². The summed E-state index contributed by atoms with van der Waals surface area (Å²) in [5.41, 5.74) is 0. The Hall–Kier alpha value is 0.190. The lowest BCUT2D eigenvalue weighted by Crippen LogP contribution is -2.45. The summed E-state index contributed by atoms with van der Waals surface area (Å²) in [5.74, 6) is 0. The van der Waals surface area contributed by atoms with E-state index in [-0.39, 0.29) is 0 Å². The summed E-state index contributed by atoms with van der Waals surface area (Å²) in [6.07, 6.45) is 0. The van der Waals surface area contributed by atoms with Gasteiger partial charge >= 0.3 is 0 Å².